The molecule has 2 bridgehead atoms. The zero-order valence-corrected chi connectivity index (χ0v) is 12.0. The highest BCUT2D eigenvalue weighted by Crippen LogP contribution is 2.40. The van der Waals surface area contributed by atoms with Crippen molar-refractivity contribution in [3.05, 3.63) is 24.4 Å². The summed E-state index contributed by atoms with van der Waals surface area (Å²) >= 11 is 0. The molecule has 1 aliphatic carbocycles. The fraction of sp³-hybridized carbons (Fsp3) is 0.625. The third-order valence-electron chi connectivity index (χ3n) is 4.89. The maximum Gasteiger partial charge on any atom is 0.252 e. The van der Waals surface area contributed by atoms with Crippen LogP contribution in [0.1, 0.15) is 25.7 Å². The molecule has 4 atom stereocenters. The molecule has 0 radical (unpaired) electrons. The predicted molar refractivity (Wildman–Crippen MR) is 75.9 cm³/mol. The first-order valence-corrected chi connectivity index (χ1v) is 7.83. The SMILES string of the molecule is O=C([C@@H]1CCCO1)N1CC2CCC1C2Oc1ccccn1. The number of amides is 1. The quantitative estimate of drug-likeness (QED) is 0.848. The summed E-state index contributed by atoms with van der Waals surface area (Å²) in [6, 6.07) is 5.87. The summed E-state index contributed by atoms with van der Waals surface area (Å²) in [5, 5.41) is 0. The number of piperidine rings is 1. The molecule has 3 aliphatic rings. The minimum absolute atomic E-state index is 0.0882. The van der Waals surface area contributed by atoms with Gasteiger partial charge in [-0.05, 0) is 31.7 Å². The number of carbonyl (C=O) groups is 1. The van der Waals surface area contributed by atoms with Gasteiger partial charge in [-0.3, -0.25) is 4.79 Å². The highest BCUT2D eigenvalue weighted by Gasteiger charge is 2.51. The van der Waals surface area contributed by atoms with Crippen LogP contribution in [0.2, 0.25) is 0 Å². The van der Waals surface area contributed by atoms with E-state index in [4.69, 9.17) is 9.47 Å². The highest BCUT2D eigenvalue weighted by atomic mass is 16.5. The number of hydrogen-bond donors (Lipinski definition) is 0. The number of rotatable bonds is 3. The second-order valence-corrected chi connectivity index (χ2v) is 6.15. The molecular weight excluding hydrogens is 268 g/mol. The lowest BCUT2D eigenvalue weighted by atomic mass is 10.1. The van der Waals surface area contributed by atoms with Crippen molar-refractivity contribution < 1.29 is 14.3 Å². The molecular formula is C16H20N2O3. The molecule has 5 nitrogen and oxygen atoms in total. The van der Waals surface area contributed by atoms with E-state index in [0.29, 0.717) is 18.4 Å². The monoisotopic (exact) mass is 288 g/mol. The number of likely N-dealkylation sites (tertiary alicyclic amines) is 1. The molecule has 3 fully saturated rings. The molecule has 21 heavy (non-hydrogen) atoms. The average molecular weight is 288 g/mol. The van der Waals surface area contributed by atoms with Crippen molar-refractivity contribution in [3.8, 4) is 5.88 Å². The summed E-state index contributed by atoms with van der Waals surface area (Å²) in [5.74, 6) is 1.25. The third-order valence-corrected chi connectivity index (χ3v) is 4.89. The molecule has 2 aliphatic heterocycles. The summed E-state index contributed by atoms with van der Waals surface area (Å²) in [5.41, 5.74) is 0. The van der Waals surface area contributed by atoms with Gasteiger partial charge in [0.05, 0.1) is 6.04 Å². The van der Waals surface area contributed by atoms with Crippen molar-refractivity contribution in [2.75, 3.05) is 13.2 Å². The van der Waals surface area contributed by atoms with E-state index < -0.39 is 0 Å². The molecule has 0 N–H and O–H groups in total. The Hall–Kier alpha value is -1.62. The zero-order valence-electron chi connectivity index (χ0n) is 12.0. The van der Waals surface area contributed by atoms with Gasteiger partial charge in [0.2, 0.25) is 5.88 Å². The van der Waals surface area contributed by atoms with Crippen LogP contribution < -0.4 is 4.74 Å². The smallest absolute Gasteiger partial charge is 0.252 e. The Morgan fingerprint density at radius 2 is 2.29 bits per heavy atom. The molecule has 2 saturated heterocycles. The molecule has 1 aromatic rings. The Balaban J connectivity index is 1.47. The number of hydrogen-bond acceptors (Lipinski definition) is 4. The van der Waals surface area contributed by atoms with Gasteiger partial charge in [-0.2, -0.15) is 0 Å². The number of fused-ring (bicyclic) bond motifs is 2. The van der Waals surface area contributed by atoms with Gasteiger partial charge in [0.15, 0.2) is 0 Å². The van der Waals surface area contributed by atoms with E-state index in [-0.39, 0.29) is 24.2 Å². The third kappa shape index (κ3) is 2.29. The van der Waals surface area contributed by atoms with Crippen molar-refractivity contribution in [2.24, 2.45) is 5.92 Å². The molecule has 4 rings (SSSR count). The van der Waals surface area contributed by atoms with E-state index in [0.717, 1.165) is 32.2 Å². The fourth-order valence-electron chi connectivity index (χ4n) is 3.89. The van der Waals surface area contributed by atoms with E-state index >= 15 is 0 Å². The first-order chi connectivity index (χ1) is 10.3. The van der Waals surface area contributed by atoms with Crippen LogP contribution >= 0.6 is 0 Å². The molecule has 5 heteroatoms. The summed E-state index contributed by atoms with van der Waals surface area (Å²) < 4.78 is 11.6. The van der Waals surface area contributed by atoms with Gasteiger partial charge in [-0.25, -0.2) is 4.98 Å². The lowest BCUT2D eigenvalue weighted by molar-refractivity contribution is -0.143. The van der Waals surface area contributed by atoms with E-state index in [9.17, 15) is 4.79 Å². The van der Waals surface area contributed by atoms with Crippen LogP contribution in [-0.2, 0) is 9.53 Å². The molecule has 1 amide bonds. The van der Waals surface area contributed by atoms with Gasteiger partial charge < -0.3 is 14.4 Å². The van der Waals surface area contributed by atoms with Crippen LogP contribution in [0, 0.1) is 5.92 Å². The lowest BCUT2D eigenvalue weighted by Gasteiger charge is -2.29. The van der Waals surface area contributed by atoms with E-state index in [1.165, 1.54) is 0 Å². The first kappa shape index (κ1) is 13.1. The fourth-order valence-corrected chi connectivity index (χ4v) is 3.89. The number of aromatic nitrogens is 1. The Labute approximate surface area is 124 Å². The van der Waals surface area contributed by atoms with Crippen molar-refractivity contribution in [2.45, 2.75) is 43.9 Å². The lowest BCUT2D eigenvalue weighted by Crippen LogP contribution is -2.45. The van der Waals surface area contributed by atoms with Crippen LogP contribution in [0.25, 0.3) is 0 Å². The Morgan fingerprint density at radius 1 is 1.33 bits per heavy atom. The Morgan fingerprint density at radius 3 is 3.05 bits per heavy atom. The zero-order chi connectivity index (χ0) is 14.2. The van der Waals surface area contributed by atoms with Crippen molar-refractivity contribution in [1.82, 2.24) is 9.88 Å². The minimum Gasteiger partial charge on any atom is -0.472 e. The predicted octanol–water partition coefficient (Wildman–Crippen LogP) is 1.63. The second-order valence-electron chi connectivity index (χ2n) is 6.15. The largest absolute Gasteiger partial charge is 0.472 e. The van der Waals surface area contributed by atoms with Crippen molar-refractivity contribution in [1.29, 1.82) is 0 Å². The maximum atomic E-state index is 12.6. The molecule has 1 aromatic heterocycles. The van der Waals surface area contributed by atoms with Crippen LogP contribution in [0.5, 0.6) is 5.88 Å². The van der Waals surface area contributed by atoms with E-state index in [2.05, 4.69) is 4.98 Å². The maximum absolute atomic E-state index is 12.6. The van der Waals surface area contributed by atoms with Crippen LogP contribution in [-0.4, -0.2) is 47.2 Å². The van der Waals surface area contributed by atoms with Crippen molar-refractivity contribution >= 4 is 5.91 Å². The molecule has 3 unspecified atom stereocenters. The molecule has 1 saturated carbocycles. The molecule has 3 heterocycles. The van der Waals surface area contributed by atoms with Crippen LogP contribution in [0.4, 0.5) is 0 Å². The average Bonchev–Trinajstić information content (AvgIpc) is 3.24. The number of carbonyl (C=O) groups excluding carboxylic acids is 1. The summed E-state index contributed by atoms with van der Waals surface area (Å²) in [4.78, 5) is 18.8. The van der Waals surface area contributed by atoms with E-state index in [1.807, 2.05) is 23.1 Å². The van der Waals surface area contributed by atoms with Gasteiger partial charge in [0.25, 0.3) is 5.91 Å². The second kappa shape index (κ2) is 5.30. The highest BCUT2D eigenvalue weighted by molar-refractivity contribution is 5.82. The molecule has 0 spiro atoms. The topological polar surface area (TPSA) is 51.7 Å². The first-order valence-electron chi connectivity index (χ1n) is 7.83. The molecule has 0 aromatic carbocycles. The minimum atomic E-state index is -0.222. The summed E-state index contributed by atoms with van der Waals surface area (Å²) in [7, 11) is 0. The number of ether oxygens (including phenoxy) is 2. The van der Waals surface area contributed by atoms with Crippen LogP contribution in [0.15, 0.2) is 24.4 Å². The standard InChI is InChI=1S/C16H20N2O3/c19-16(13-4-3-9-20-13)18-10-11-6-7-12(18)15(11)21-14-5-1-2-8-17-14/h1-2,5,8,11-13,15H,3-4,6-7,9-10H2/t11?,12?,13-,15?/m0/s1. The van der Waals surface area contributed by atoms with E-state index in [1.54, 1.807) is 6.20 Å². The Kier molecular flexibility index (Phi) is 3.30. The van der Waals surface area contributed by atoms with Crippen LogP contribution in [0.3, 0.4) is 0 Å². The van der Waals surface area contributed by atoms with Gasteiger partial charge in [0, 0.05) is 31.3 Å². The van der Waals surface area contributed by atoms with Gasteiger partial charge in [-0.15, -0.1) is 0 Å². The summed E-state index contributed by atoms with van der Waals surface area (Å²) in [6.45, 7) is 1.52. The molecule has 112 valence electrons. The summed E-state index contributed by atoms with van der Waals surface area (Å²) in [6.07, 6.45) is 5.62. The van der Waals surface area contributed by atoms with Gasteiger partial charge >= 0.3 is 0 Å². The Bertz CT molecular complexity index is 516. The number of nitrogens with zero attached hydrogens (tertiary/aromatic N) is 2. The normalized spacial score (nSPS) is 34.4. The van der Waals surface area contributed by atoms with Crippen molar-refractivity contribution in [3.63, 3.8) is 0 Å². The van der Waals surface area contributed by atoms with Gasteiger partial charge in [-0.1, -0.05) is 6.07 Å². The number of pyridine rings is 1. The van der Waals surface area contributed by atoms with Gasteiger partial charge in [0.1, 0.15) is 12.2 Å².